The average Bonchev–Trinajstić information content (AvgIpc) is 3.11. The number of hydrogen-bond acceptors (Lipinski definition) is 6. The van der Waals surface area contributed by atoms with E-state index in [2.05, 4.69) is 6.92 Å². The van der Waals surface area contributed by atoms with E-state index in [1.54, 1.807) is 18.2 Å². The van der Waals surface area contributed by atoms with Gasteiger partial charge in [-0.15, -0.1) is 5.06 Å². The van der Waals surface area contributed by atoms with Gasteiger partial charge >= 0.3 is 0 Å². The van der Waals surface area contributed by atoms with E-state index in [-0.39, 0.29) is 28.3 Å². The van der Waals surface area contributed by atoms with Crippen molar-refractivity contribution in [2.45, 2.75) is 43.7 Å². The number of nitrogens with zero attached hydrogens (tertiary/aromatic N) is 3. The van der Waals surface area contributed by atoms with Crippen LogP contribution >= 0.6 is 23.2 Å². The Kier molecular flexibility index (Phi) is 6.89. The third kappa shape index (κ3) is 5.13. The molecule has 0 radical (unpaired) electrons. The summed E-state index contributed by atoms with van der Waals surface area (Å²) >= 11 is 12.1. The number of hydrogen-bond donors (Lipinski definition) is 0. The van der Waals surface area contributed by atoms with Crippen molar-refractivity contribution >= 4 is 33.2 Å². The van der Waals surface area contributed by atoms with Gasteiger partial charge in [0.15, 0.2) is 0 Å². The van der Waals surface area contributed by atoms with Crippen molar-refractivity contribution in [2.24, 2.45) is 0 Å². The Balaban J connectivity index is 1.58. The molecule has 2 heterocycles. The maximum atomic E-state index is 13.6. The van der Waals surface area contributed by atoms with Crippen molar-refractivity contribution in [2.75, 3.05) is 13.1 Å². The first-order valence-corrected chi connectivity index (χ1v) is 12.7. The number of nitriles is 1. The lowest BCUT2D eigenvalue weighted by atomic mass is 10.1. The molecule has 174 valence electrons. The highest BCUT2D eigenvalue weighted by Gasteiger charge is 2.37. The van der Waals surface area contributed by atoms with Gasteiger partial charge in [-0.3, -0.25) is 0 Å². The number of ether oxygens (including phenoxy) is 1. The van der Waals surface area contributed by atoms with Crippen molar-refractivity contribution < 1.29 is 18.0 Å². The molecule has 1 unspecified atom stereocenters. The van der Waals surface area contributed by atoms with Crippen LogP contribution in [0, 0.1) is 11.3 Å². The van der Waals surface area contributed by atoms with Crippen LogP contribution in [-0.4, -0.2) is 43.0 Å². The molecular formula is C23H23Cl2N3O4S. The maximum Gasteiger partial charge on any atom is 0.246 e. The molecule has 2 aromatic carbocycles. The fourth-order valence-corrected chi connectivity index (χ4v) is 6.27. The minimum atomic E-state index is -3.92. The van der Waals surface area contributed by atoms with Gasteiger partial charge < -0.3 is 9.57 Å². The van der Waals surface area contributed by atoms with Gasteiger partial charge in [0.05, 0.1) is 17.7 Å². The molecule has 7 nitrogen and oxygen atoms in total. The van der Waals surface area contributed by atoms with Crippen molar-refractivity contribution in [3.8, 4) is 17.6 Å². The van der Waals surface area contributed by atoms with Crippen LogP contribution in [0.25, 0.3) is 0 Å². The minimum absolute atomic E-state index is 0.0700. The molecule has 1 saturated heterocycles. The summed E-state index contributed by atoms with van der Waals surface area (Å²) in [5.74, 6) is 1.26. The molecule has 0 amide bonds. The summed E-state index contributed by atoms with van der Waals surface area (Å²) in [5, 5.41) is 12.0. The monoisotopic (exact) mass is 507 g/mol. The van der Waals surface area contributed by atoms with Crippen LogP contribution in [-0.2, 0) is 14.9 Å². The second kappa shape index (κ2) is 9.53. The molecule has 2 aliphatic rings. The third-order valence-electron chi connectivity index (χ3n) is 5.66. The zero-order valence-corrected chi connectivity index (χ0v) is 20.5. The zero-order valence-electron chi connectivity index (χ0n) is 18.2. The topological polar surface area (TPSA) is 82.9 Å². The van der Waals surface area contributed by atoms with Crippen LogP contribution in [0.1, 0.15) is 32.3 Å². The highest BCUT2D eigenvalue weighted by molar-refractivity contribution is 7.89. The Hall–Kier alpha value is -2.28. The van der Waals surface area contributed by atoms with Crippen LogP contribution in [0.15, 0.2) is 53.1 Å². The van der Waals surface area contributed by atoms with Gasteiger partial charge in [0.25, 0.3) is 0 Å². The smallest absolute Gasteiger partial charge is 0.246 e. The van der Waals surface area contributed by atoms with E-state index in [1.807, 2.05) is 24.1 Å². The fraction of sp³-hybridized carbons (Fsp3) is 0.348. The first-order chi connectivity index (χ1) is 15.7. The summed E-state index contributed by atoms with van der Waals surface area (Å²) in [4.78, 5) is 5.73. The minimum Gasteiger partial charge on any atom is -0.456 e. The Morgan fingerprint density at radius 1 is 1.12 bits per heavy atom. The van der Waals surface area contributed by atoms with Crippen LogP contribution < -0.4 is 4.74 Å². The van der Waals surface area contributed by atoms with Crippen molar-refractivity contribution in [1.82, 2.24) is 9.37 Å². The Morgan fingerprint density at radius 3 is 2.36 bits per heavy atom. The lowest BCUT2D eigenvalue weighted by molar-refractivity contribution is -0.153. The molecule has 4 rings (SSSR count). The van der Waals surface area contributed by atoms with Gasteiger partial charge in [0, 0.05) is 29.2 Å². The number of sulfonamides is 1. The molecule has 2 aromatic rings. The highest BCUT2D eigenvalue weighted by Crippen LogP contribution is 2.35. The van der Waals surface area contributed by atoms with Gasteiger partial charge in [-0.2, -0.15) is 9.57 Å². The van der Waals surface area contributed by atoms with E-state index in [0.29, 0.717) is 41.7 Å². The van der Waals surface area contributed by atoms with Crippen molar-refractivity contribution in [1.29, 1.82) is 5.26 Å². The number of hydroxylamine groups is 2. The van der Waals surface area contributed by atoms with Gasteiger partial charge in [-0.05, 0) is 69.2 Å². The number of rotatable bonds is 5. The molecule has 0 aliphatic carbocycles. The first-order valence-electron chi connectivity index (χ1n) is 10.5. The number of benzene rings is 2. The normalized spacial score (nSPS) is 20.2. The molecule has 0 bridgehead atoms. The summed E-state index contributed by atoms with van der Waals surface area (Å²) in [6.45, 7) is 4.63. The SMILES string of the molecule is CC1=CC(C)N(C2CCN(S(=O)(=O)c3cc(C#N)ccc3Oc3cc(Cl)cc(Cl)c3)CC2)O1. The zero-order chi connectivity index (χ0) is 23.8. The molecule has 1 fully saturated rings. The Bertz CT molecular complexity index is 1210. The quantitative estimate of drug-likeness (QED) is 0.542. The third-order valence-corrected chi connectivity index (χ3v) is 8.02. The Labute approximate surface area is 203 Å². The highest BCUT2D eigenvalue weighted by atomic mass is 35.5. The fourth-order valence-electron chi connectivity index (χ4n) is 4.15. The van der Waals surface area contributed by atoms with Crippen LogP contribution in [0.5, 0.6) is 11.5 Å². The lowest BCUT2D eigenvalue weighted by Gasteiger charge is -2.36. The predicted molar refractivity (Wildman–Crippen MR) is 126 cm³/mol. The Morgan fingerprint density at radius 2 is 1.79 bits per heavy atom. The predicted octanol–water partition coefficient (Wildman–Crippen LogP) is 5.35. The molecular weight excluding hydrogens is 485 g/mol. The average molecular weight is 508 g/mol. The molecule has 0 N–H and O–H groups in total. The van der Waals surface area contributed by atoms with Crippen LogP contribution in [0.4, 0.5) is 0 Å². The first kappa shape index (κ1) is 23.9. The van der Waals surface area contributed by atoms with E-state index >= 15 is 0 Å². The summed E-state index contributed by atoms with van der Waals surface area (Å²) in [6.07, 6.45) is 3.30. The summed E-state index contributed by atoms with van der Waals surface area (Å²) in [5.41, 5.74) is 0.223. The number of halogens is 2. The molecule has 2 aliphatic heterocycles. The van der Waals surface area contributed by atoms with Gasteiger partial charge in [-0.25, -0.2) is 8.42 Å². The molecule has 10 heteroatoms. The van der Waals surface area contributed by atoms with Gasteiger partial charge in [0.1, 0.15) is 22.2 Å². The van der Waals surface area contributed by atoms with E-state index in [1.165, 1.54) is 22.5 Å². The van der Waals surface area contributed by atoms with Crippen molar-refractivity contribution in [3.63, 3.8) is 0 Å². The van der Waals surface area contributed by atoms with Crippen LogP contribution in [0.2, 0.25) is 10.0 Å². The maximum absolute atomic E-state index is 13.6. The number of piperidine rings is 1. The van der Waals surface area contributed by atoms with E-state index < -0.39 is 10.0 Å². The molecule has 33 heavy (non-hydrogen) atoms. The molecule has 0 spiro atoms. The lowest BCUT2D eigenvalue weighted by Crippen LogP contribution is -2.47. The number of allylic oxidation sites excluding steroid dienone is 1. The van der Waals surface area contributed by atoms with Crippen molar-refractivity contribution in [3.05, 3.63) is 63.8 Å². The second-order valence-electron chi connectivity index (χ2n) is 8.08. The van der Waals surface area contributed by atoms with E-state index in [9.17, 15) is 13.7 Å². The summed E-state index contributed by atoms with van der Waals surface area (Å²) in [6, 6.07) is 11.2. The molecule has 1 atom stereocenters. The molecule has 0 saturated carbocycles. The second-order valence-corrected chi connectivity index (χ2v) is 10.9. The van der Waals surface area contributed by atoms with Gasteiger partial charge in [-0.1, -0.05) is 23.2 Å². The molecule has 0 aromatic heterocycles. The van der Waals surface area contributed by atoms with Crippen LogP contribution in [0.3, 0.4) is 0 Å². The van der Waals surface area contributed by atoms with E-state index in [0.717, 1.165) is 5.76 Å². The summed E-state index contributed by atoms with van der Waals surface area (Å²) < 4.78 is 34.4. The van der Waals surface area contributed by atoms with E-state index in [4.69, 9.17) is 32.8 Å². The largest absolute Gasteiger partial charge is 0.456 e. The standard InChI is InChI=1S/C23H23Cl2N3O4S/c1-15-9-16(2)32-28(15)20-5-7-27(8-6-20)33(29,30)23-10-17(14-26)3-4-22(23)31-21-12-18(24)11-19(25)13-21/h3-4,9-13,15,20H,5-8H2,1-2H3. The summed E-state index contributed by atoms with van der Waals surface area (Å²) in [7, 11) is -3.92. The van der Waals surface area contributed by atoms with Gasteiger partial charge in [0.2, 0.25) is 10.0 Å².